The Labute approximate surface area is 188 Å². The van der Waals surface area contributed by atoms with E-state index >= 15 is 0 Å². The van der Waals surface area contributed by atoms with E-state index < -0.39 is 0 Å². The van der Waals surface area contributed by atoms with E-state index in [9.17, 15) is 9.59 Å². The van der Waals surface area contributed by atoms with Crippen LogP contribution in [0.25, 0.3) is 0 Å². The average molecular weight is 443 g/mol. The summed E-state index contributed by atoms with van der Waals surface area (Å²) in [4.78, 5) is 29.3. The van der Waals surface area contributed by atoms with Gasteiger partial charge in [-0.1, -0.05) is 18.2 Å². The van der Waals surface area contributed by atoms with Crippen LogP contribution < -0.4 is 18.9 Å². The van der Waals surface area contributed by atoms with Crippen LogP contribution in [-0.2, 0) is 4.79 Å². The predicted molar refractivity (Wildman–Crippen MR) is 120 cm³/mol. The molecule has 172 valence electrons. The molecule has 3 rings (SSSR count). The molecule has 0 unspecified atom stereocenters. The molecule has 1 aliphatic heterocycles. The van der Waals surface area contributed by atoms with Crippen molar-refractivity contribution >= 4 is 11.8 Å². The summed E-state index contributed by atoms with van der Waals surface area (Å²) < 4.78 is 21.7. The smallest absolute Gasteiger partial charge is 0.254 e. The van der Waals surface area contributed by atoms with Crippen molar-refractivity contribution in [3.05, 3.63) is 48.0 Å². The van der Waals surface area contributed by atoms with Gasteiger partial charge in [-0.25, -0.2) is 0 Å². The highest BCUT2D eigenvalue weighted by atomic mass is 16.5. The molecule has 2 aromatic rings. The lowest BCUT2D eigenvalue weighted by molar-refractivity contribution is -0.131. The van der Waals surface area contributed by atoms with Gasteiger partial charge in [0.1, 0.15) is 5.75 Å². The summed E-state index contributed by atoms with van der Waals surface area (Å²) in [6.07, 6.45) is 1.01. The Bertz CT molecular complexity index is 893. The quantitative estimate of drug-likeness (QED) is 0.626. The lowest BCUT2D eigenvalue weighted by Crippen LogP contribution is -2.37. The van der Waals surface area contributed by atoms with Crippen LogP contribution in [0.15, 0.2) is 42.5 Å². The number of rotatable bonds is 8. The molecule has 0 saturated carbocycles. The van der Waals surface area contributed by atoms with Gasteiger partial charge in [-0.15, -0.1) is 0 Å². The zero-order valence-electron chi connectivity index (χ0n) is 18.8. The van der Waals surface area contributed by atoms with E-state index in [2.05, 4.69) is 0 Å². The van der Waals surface area contributed by atoms with Gasteiger partial charge in [-0.3, -0.25) is 9.59 Å². The van der Waals surface area contributed by atoms with Gasteiger partial charge >= 0.3 is 0 Å². The lowest BCUT2D eigenvalue weighted by atomic mass is 10.1. The molecule has 1 fully saturated rings. The normalized spacial score (nSPS) is 13.8. The molecule has 8 nitrogen and oxygen atoms in total. The zero-order chi connectivity index (χ0) is 22.9. The summed E-state index contributed by atoms with van der Waals surface area (Å²) in [7, 11) is 4.55. The number of ether oxygens (including phenoxy) is 4. The van der Waals surface area contributed by atoms with Gasteiger partial charge in [0.25, 0.3) is 5.91 Å². The third-order valence-corrected chi connectivity index (χ3v) is 5.38. The van der Waals surface area contributed by atoms with Gasteiger partial charge < -0.3 is 28.7 Å². The van der Waals surface area contributed by atoms with Gasteiger partial charge in [0, 0.05) is 31.7 Å². The van der Waals surface area contributed by atoms with Crippen LogP contribution in [0.4, 0.5) is 0 Å². The fraction of sp³-hybridized carbons (Fsp3) is 0.417. The second-order valence-corrected chi connectivity index (χ2v) is 7.35. The highest BCUT2D eigenvalue weighted by Crippen LogP contribution is 2.38. The maximum atomic E-state index is 13.1. The van der Waals surface area contributed by atoms with Crippen molar-refractivity contribution in [2.45, 2.75) is 12.8 Å². The average Bonchev–Trinajstić information content (AvgIpc) is 3.09. The van der Waals surface area contributed by atoms with Gasteiger partial charge in [-0.2, -0.15) is 0 Å². The second-order valence-electron chi connectivity index (χ2n) is 7.35. The standard InChI is InChI=1S/C24H30N2O6/c1-29-20-16-18(17-21(30-2)23(20)31-3)24(28)26-12-7-11-25(13-14-26)22(27)10-15-32-19-8-5-4-6-9-19/h4-6,8-9,16-17H,7,10-15H2,1-3H3. The number of nitrogens with zero attached hydrogens (tertiary/aromatic N) is 2. The Morgan fingerprint density at radius 2 is 1.47 bits per heavy atom. The Morgan fingerprint density at radius 3 is 2.09 bits per heavy atom. The molecule has 0 N–H and O–H groups in total. The van der Waals surface area contributed by atoms with E-state index in [1.165, 1.54) is 21.3 Å². The molecule has 1 saturated heterocycles. The number of hydrogen-bond donors (Lipinski definition) is 0. The van der Waals surface area contributed by atoms with Crippen LogP contribution in [0.2, 0.25) is 0 Å². The molecule has 0 atom stereocenters. The van der Waals surface area contributed by atoms with Crippen molar-refractivity contribution in [1.29, 1.82) is 0 Å². The number of carbonyl (C=O) groups excluding carboxylic acids is 2. The molecule has 8 heteroatoms. The van der Waals surface area contributed by atoms with Crippen LogP contribution >= 0.6 is 0 Å². The second kappa shape index (κ2) is 11.3. The van der Waals surface area contributed by atoms with Crippen molar-refractivity contribution in [3.8, 4) is 23.0 Å². The number of hydrogen-bond acceptors (Lipinski definition) is 6. The summed E-state index contributed by atoms with van der Waals surface area (Å²) in [5.41, 5.74) is 0.454. The van der Waals surface area contributed by atoms with E-state index in [0.29, 0.717) is 68.4 Å². The monoisotopic (exact) mass is 442 g/mol. The fourth-order valence-electron chi connectivity index (χ4n) is 3.69. The summed E-state index contributed by atoms with van der Waals surface area (Å²) in [6.45, 7) is 2.46. The summed E-state index contributed by atoms with van der Waals surface area (Å²) >= 11 is 0. The number of para-hydroxylation sites is 1. The Hall–Kier alpha value is -3.42. The molecule has 1 heterocycles. The van der Waals surface area contributed by atoms with Gasteiger partial charge in [-0.05, 0) is 30.7 Å². The third-order valence-electron chi connectivity index (χ3n) is 5.38. The Balaban J connectivity index is 1.58. The third kappa shape index (κ3) is 5.63. The number of benzene rings is 2. The molecule has 0 spiro atoms. The Morgan fingerprint density at radius 1 is 0.844 bits per heavy atom. The maximum absolute atomic E-state index is 13.1. The molecule has 1 aliphatic rings. The molecule has 0 aliphatic carbocycles. The van der Waals surface area contributed by atoms with Crippen LogP contribution in [0.3, 0.4) is 0 Å². The minimum absolute atomic E-state index is 0.0306. The first-order valence-electron chi connectivity index (χ1n) is 10.6. The fourth-order valence-corrected chi connectivity index (χ4v) is 3.69. The molecule has 2 amide bonds. The molecule has 0 bridgehead atoms. The van der Waals surface area contributed by atoms with E-state index in [1.807, 2.05) is 30.3 Å². The van der Waals surface area contributed by atoms with Crippen molar-refractivity contribution in [1.82, 2.24) is 9.80 Å². The molecular formula is C24H30N2O6. The highest BCUT2D eigenvalue weighted by Gasteiger charge is 2.25. The molecule has 32 heavy (non-hydrogen) atoms. The Kier molecular flexibility index (Phi) is 8.19. The lowest BCUT2D eigenvalue weighted by Gasteiger charge is -2.23. The van der Waals surface area contributed by atoms with Crippen LogP contribution in [0, 0.1) is 0 Å². The summed E-state index contributed by atoms with van der Waals surface area (Å²) in [5, 5.41) is 0. The van der Waals surface area contributed by atoms with Crippen LogP contribution in [0.1, 0.15) is 23.2 Å². The van der Waals surface area contributed by atoms with E-state index in [4.69, 9.17) is 18.9 Å². The first-order valence-corrected chi connectivity index (χ1v) is 10.6. The van der Waals surface area contributed by atoms with Crippen molar-refractivity contribution in [3.63, 3.8) is 0 Å². The minimum Gasteiger partial charge on any atom is -0.493 e. The van der Waals surface area contributed by atoms with E-state index in [-0.39, 0.29) is 11.8 Å². The van der Waals surface area contributed by atoms with Gasteiger partial charge in [0.2, 0.25) is 11.7 Å². The minimum atomic E-state index is -0.133. The number of amides is 2. The van der Waals surface area contributed by atoms with Crippen LogP contribution in [0.5, 0.6) is 23.0 Å². The summed E-state index contributed by atoms with van der Waals surface area (Å²) in [6, 6.07) is 12.7. The molecule has 0 aromatic heterocycles. The number of methoxy groups -OCH3 is 3. The van der Waals surface area contributed by atoms with Crippen LogP contribution in [-0.4, -0.2) is 75.7 Å². The predicted octanol–water partition coefficient (Wildman–Crippen LogP) is 2.86. The van der Waals surface area contributed by atoms with Crippen molar-refractivity contribution in [2.75, 3.05) is 54.1 Å². The van der Waals surface area contributed by atoms with E-state index in [1.54, 1.807) is 21.9 Å². The van der Waals surface area contributed by atoms with Crippen molar-refractivity contribution < 1.29 is 28.5 Å². The van der Waals surface area contributed by atoms with Gasteiger partial charge in [0.15, 0.2) is 11.5 Å². The maximum Gasteiger partial charge on any atom is 0.254 e. The van der Waals surface area contributed by atoms with E-state index in [0.717, 1.165) is 5.75 Å². The van der Waals surface area contributed by atoms with Gasteiger partial charge in [0.05, 0.1) is 34.4 Å². The SMILES string of the molecule is COc1cc(C(=O)N2CCCN(C(=O)CCOc3ccccc3)CC2)cc(OC)c1OC. The topological polar surface area (TPSA) is 77.5 Å². The first kappa shape index (κ1) is 23.2. The zero-order valence-corrected chi connectivity index (χ0v) is 18.8. The first-order chi connectivity index (χ1) is 15.6. The highest BCUT2D eigenvalue weighted by molar-refractivity contribution is 5.95. The number of carbonyl (C=O) groups is 2. The molecule has 2 aromatic carbocycles. The molecular weight excluding hydrogens is 412 g/mol. The summed E-state index contributed by atoms with van der Waals surface area (Å²) in [5.74, 6) is 1.95. The van der Waals surface area contributed by atoms with Crippen molar-refractivity contribution in [2.24, 2.45) is 0 Å². The largest absolute Gasteiger partial charge is 0.493 e. The molecule has 0 radical (unpaired) electrons.